The summed E-state index contributed by atoms with van der Waals surface area (Å²) in [6.07, 6.45) is 2.64. The van der Waals surface area contributed by atoms with Crippen LogP contribution in [0.2, 0.25) is 0 Å². The average molecular weight is 257 g/mol. The maximum Gasteiger partial charge on any atom is 0.129 e. The minimum absolute atomic E-state index is 0.516. The molecule has 1 aromatic rings. The zero-order chi connectivity index (χ0) is 13.1. The maximum atomic E-state index is 5.49. The topological polar surface area (TPSA) is 52.9 Å². The molecule has 1 aromatic heterocycles. The van der Waals surface area contributed by atoms with Gasteiger partial charge in [0.2, 0.25) is 0 Å². The molecule has 5 heteroatoms. The molecule has 18 heavy (non-hydrogen) atoms. The van der Waals surface area contributed by atoms with Gasteiger partial charge in [0.15, 0.2) is 0 Å². The second-order valence-corrected chi connectivity index (χ2v) is 3.96. The van der Waals surface area contributed by atoms with E-state index in [1.165, 1.54) is 0 Å². The maximum absolute atomic E-state index is 5.49. The van der Waals surface area contributed by atoms with Crippen molar-refractivity contribution in [3.05, 3.63) is 23.7 Å². The molecule has 0 fully saturated rings. The predicted octanol–water partition coefficient (Wildman–Crippen LogP) is 1.57. The van der Waals surface area contributed by atoms with Crippen LogP contribution in [-0.4, -0.2) is 40.6 Å². The van der Waals surface area contributed by atoms with E-state index in [4.69, 9.17) is 18.6 Å². The summed E-state index contributed by atoms with van der Waals surface area (Å²) in [7, 11) is 3.57. The SMILES string of the molecule is CNCc1coc(COCCCOCCOC)c1. The van der Waals surface area contributed by atoms with Gasteiger partial charge in [0.05, 0.1) is 19.5 Å². The minimum atomic E-state index is 0.516. The number of rotatable bonds is 11. The molecule has 0 aromatic carbocycles. The summed E-state index contributed by atoms with van der Waals surface area (Å²) in [6.45, 7) is 3.99. The van der Waals surface area contributed by atoms with E-state index in [0.717, 1.165) is 24.3 Å². The molecule has 0 aliphatic rings. The van der Waals surface area contributed by atoms with Gasteiger partial charge < -0.3 is 23.9 Å². The van der Waals surface area contributed by atoms with Crippen LogP contribution in [-0.2, 0) is 27.4 Å². The third-order valence-electron chi connectivity index (χ3n) is 2.34. The first-order chi connectivity index (χ1) is 8.86. The molecule has 1 rings (SSSR count). The van der Waals surface area contributed by atoms with E-state index in [1.807, 2.05) is 13.1 Å². The number of ether oxygens (including phenoxy) is 3. The van der Waals surface area contributed by atoms with Gasteiger partial charge in [-0.1, -0.05) is 0 Å². The molecule has 0 saturated heterocycles. The van der Waals surface area contributed by atoms with Gasteiger partial charge in [-0.25, -0.2) is 0 Å². The molecule has 1 N–H and O–H groups in total. The number of hydrogen-bond donors (Lipinski definition) is 1. The van der Waals surface area contributed by atoms with Gasteiger partial charge in [-0.05, 0) is 19.5 Å². The second-order valence-electron chi connectivity index (χ2n) is 3.96. The lowest BCUT2D eigenvalue weighted by Gasteiger charge is -2.04. The van der Waals surface area contributed by atoms with Crippen molar-refractivity contribution >= 4 is 0 Å². The Morgan fingerprint density at radius 3 is 2.78 bits per heavy atom. The summed E-state index contributed by atoms with van der Waals surface area (Å²) in [5, 5.41) is 3.07. The molecule has 0 atom stereocenters. The fourth-order valence-electron chi connectivity index (χ4n) is 1.48. The largest absolute Gasteiger partial charge is 0.467 e. The van der Waals surface area contributed by atoms with E-state index >= 15 is 0 Å². The zero-order valence-corrected chi connectivity index (χ0v) is 11.2. The first-order valence-corrected chi connectivity index (χ1v) is 6.22. The summed E-state index contributed by atoms with van der Waals surface area (Å²) in [4.78, 5) is 0. The Bertz CT molecular complexity index is 301. The number of methoxy groups -OCH3 is 1. The third-order valence-corrected chi connectivity index (χ3v) is 2.34. The van der Waals surface area contributed by atoms with Crippen molar-refractivity contribution in [2.45, 2.75) is 19.6 Å². The smallest absolute Gasteiger partial charge is 0.129 e. The molecule has 0 radical (unpaired) electrons. The molecule has 104 valence electrons. The summed E-state index contributed by atoms with van der Waals surface area (Å²) >= 11 is 0. The lowest BCUT2D eigenvalue weighted by molar-refractivity contribution is 0.0453. The van der Waals surface area contributed by atoms with Gasteiger partial charge in [-0.15, -0.1) is 0 Å². The average Bonchev–Trinajstić information content (AvgIpc) is 2.81. The second kappa shape index (κ2) is 10.1. The standard InChI is InChI=1S/C13H23NO4/c1-14-9-12-8-13(18-10-12)11-17-5-3-4-16-7-6-15-2/h8,10,14H,3-7,9,11H2,1-2H3. The normalized spacial score (nSPS) is 11.0. The summed E-state index contributed by atoms with van der Waals surface area (Å²) in [5.41, 5.74) is 1.14. The minimum Gasteiger partial charge on any atom is -0.467 e. The van der Waals surface area contributed by atoms with Crippen molar-refractivity contribution in [2.75, 3.05) is 40.6 Å². The van der Waals surface area contributed by atoms with E-state index in [2.05, 4.69) is 5.32 Å². The Labute approximate surface area is 108 Å². The van der Waals surface area contributed by atoms with Gasteiger partial charge in [0, 0.05) is 32.4 Å². The molecular formula is C13H23NO4. The van der Waals surface area contributed by atoms with Crippen LogP contribution >= 0.6 is 0 Å². The predicted molar refractivity (Wildman–Crippen MR) is 68.4 cm³/mol. The summed E-state index contributed by atoms with van der Waals surface area (Å²) < 4.78 is 21.1. The Kier molecular flexibility index (Phi) is 8.50. The lowest BCUT2D eigenvalue weighted by Crippen LogP contribution is -2.05. The van der Waals surface area contributed by atoms with Crippen LogP contribution in [0.5, 0.6) is 0 Å². The van der Waals surface area contributed by atoms with Gasteiger partial charge in [-0.3, -0.25) is 0 Å². The number of nitrogens with one attached hydrogen (secondary N) is 1. The summed E-state index contributed by atoms with van der Waals surface area (Å²) in [5.74, 6) is 0.862. The molecule has 1 heterocycles. The van der Waals surface area contributed by atoms with E-state index < -0.39 is 0 Å². The molecule has 0 amide bonds. The highest BCUT2D eigenvalue weighted by Gasteiger charge is 2.01. The fraction of sp³-hybridized carbons (Fsp3) is 0.692. The Morgan fingerprint density at radius 1 is 1.17 bits per heavy atom. The Balaban J connectivity index is 1.96. The fourth-order valence-corrected chi connectivity index (χ4v) is 1.48. The van der Waals surface area contributed by atoms with Crippen molar-refractivity contribution in [2.24, 2.45) is 0 Å². The van der Waals surface area contributed by atoms with E-state index in [0.29, 0.717) is 33.0 Å². The zero-order valence-electron chi connectivity index (χ0n) is 11.2. The molecule has 0 aliphatic heterocycles. The monoisotopic (exact) mass is 257 g/mol. The molecular weight excluding hydrogens is 234 g/mol. The van der Waals surface area contributed by atoms with Crippen LogP contribution in [0, 0.1) is 0 Å². The van der Waals surface area contributed by atoms with Crippen molar-refractivity contribution in [3.8, 4) is 0 Å². The lowest BCUT2D eigenvalue weighted by atomic mass is 10.3. The number of hydrogen-bond acceptors (Lipinski definition) is 5. The first kappa shape index (κ1) is 15.2. The molecule has 0 bridgehead atoms. The van der Waals surface area contributed by atoms with Gasteiger partial charge in [0.25, 0.3) is 0 Å². The molecule has 5 nitrogen and oxygen atoms in total. The van der Waals surface area contributed by atoms with Crippen LogP contribution in [0.25, 0.3) is 0 Å². The van der Waals surface area contributed by atoms with Crippen molar-refractivity contribution in [1.82, 2.24) is 5.32 Å². The molecule has 0 aliphatic carbocycles. The molecule has 0 saturated carbocycles. The van der Waals surface area contributed by atoms with Gasteiger partial charge in [0.1, 0.15) is 12.4 Å². The van der Waals surface area contributed by atoms with Gasteiger partial charge >= 0.3 is 0 Å². The highest BCUT2D eigenvalue weighted by Crippen LogP contribution is 2.08. The Morgan fingerprint density at radius 2 is 2.00 bits per heavy atom. The van der Waals surface area contributed by atoms with Crippen LogP contribution < -0.4 is 5.32 Å². The van der Waals surface area contributed by atoms with Crippen molar-refractivity contribution < 1.29 is 18.6 Å². The first-order valence-electron chi connectivity index (χ1n) is 6.22. The highest BCUT2D eigenvalue weighted by atomic mass is 16.5. The van der Waals surface area contributed by atoms with E-state index in [9.17, 15) is 0 Å². The highest BCUT2D eigenvalue weighted by molar-refractivity contribution is 5.11. The third kappa shape index (κ3) is 6.76. The van der Waals surface area contributed by atoms with Crippen LogP contribution in [0.3, 0.4) is 0 Å². The van der Waals surface area contributed by atoms with Gasteiger partial charge in [-0.2, -0.15) is 0 Å². The quantitative estimate of drug-likeness (QED) is 0.610. The van der Waals surface area contributed by atoms with Crippen molar-refractivity contribution in [3.63, 3.8) is 0 Å². The molecule has 0 unspecified atom stereocenters. The summed E-state index contributed by atoms with van der Waals surface area (Å²) in [6, 6.07) is 2.01. The van der Waals surface area contributed by atoms with Crippen LogP contribution in [0.15, 0.2) is 16.7 Å². The van der Waals surface area contributed by atoms with E-state index in [1.54, 1.807) is 13.4 Å². The van der Waals surface area contributed by atoms with Crippen LogP contribution in [0.4, 0.5) is 0 Å². The van der Waals surface area contributed by atoms with Crippen molar-refractivity contribution in [1.29, 1.82) is 0 Å². The molecule has 0 spiro atoms. The number of furan rings is 1. The van der Waals surface area contributed by atoms with Crippen LogP contribution in [0.1, 0.15) is 17.7 Å². The Hall–Kier alpha value is -0.880. The van der Waals surface area contributed by atoms with E-state index in [-0.39, 0.29) is 0 Å².